The predicted molar refractivity (Wildman–Crippen MR) is 76.1 cm³/mol. The van der Waals surface area contributed by atoms with Crippen LogP contribution in [0.5, 0.6) is 0 Å². The Balaban J connectivity index is 2.73. The van der Waals surface area contributed by atoms with E-state index in [0.29, 0.717) is 4.90 Å². The van der Waals surface area contributed by atoms with Gasteiger partial charge in [-0.3, -0.25) is 19.3 Å². The van der Waals surface area contributed by atoms with Gasteiger partial charge in [0.2, 0.25) is 5.91 Å². The van der Waals surface area contributed by atoms with Crippen LogP contribution in [0.25, 0.3) is 0 Å². The minimum Gasteiger partial charge on any atom is -0.352 e. The Morgan fingerprint density at radius 2 is 1.76 bits per heavy atom. The quantitative estimate of drug-likeness (QED) is 0.455. The lowest BCUT2D eigenvalue weighted by Crippen LogP contribution is -2.47. The fourth-order valence-electron chi connectivity index (χ4n) is 1.63. The van der Waals surface area contributed by atoms with Crippen molar-refractivity contribution < 1.29 is 19.2 Å². The monoisotopic (exact) mass is 295 g/mol. The Labute approximate surface area is 124 Å². The molecule has 1 rings (SSSR count). The van der Waals surface area contributed by atoms with E-state index >= 15 is 0 Å². The normalized spacial score (nSPS) is 17.2. The maximum atomic E-state index is 11.9. The molecule has 1 heterocycles. The summed E-state index contributed by atoms with van der Waals surface area (Å²) in [5.74, 6) is -2.40. The molecule has 5 amide bonds. The van der Waals surface area contributed by atoms with E-state index in [1.54, 1.807) is 0 Å². The Bertz CT molecular complexity index is 493. The number of urea groups is 1. The average Bonchev–Trinajstić information content (AvgIpc) is 2.55. The number of hydrogen-bond acceptors (Lipinski definition) is 4. The topological polar surface area (TPSA) is 86.8 Å². The van der Waals surface area contributed by atoms with Crippen LogP contribution in [-0.2, 0) is 14.4 Å². The molecular weight excluding hydrogens is 274 g/mol. The first-order valence-electron chi connectivity index (χ1n) is 6.67. The third-order valence-electron chi connectivity index (χ3n) is 3.42. The van der Waals surface area contributed by atoms with E-state index in [1.165, 1.54) is 6.08 Å². The summed E-state index contributed by atoms with van der Waals surface area (Å²) in [4.78, 5) is 48.6. The number of amides is 5. The van der Waals surface area contributed by atoms with Gasteiger partial charge in [0.15, 0.2) is 0 Å². The molecule has 0 unspecified atom stereocenters. The SMILES string of the molecule is C=CCN1C(=O)C(=O)N(CC(=O)N[C@@H](C)C(C)(C)C)C1=O. The fourth-order valence-corrected chi connectivity index (χ4v) is 1.63. The predicted octanol–water partition coefficient (Wildman–Crippen LogP) is 0.514. The van der Waals surface area contributed by atoms with E-state index in [9.17, 15) is 19.2 Å². The van der Waals surface area contributed by atoms with Crippen molar-refractivity contribution in [3.63, 3.8) is 0 Å². The molecule has 0 radical (unpaired) electrons. The van der Waals surface area contributed by atoms with Crippen LogP contribution in [0.2, 0.25) is 0 Å². The fraction of sp³-hybridized carbons (Fsp3) is 0.571. The van der Waals surface area contributed by atoms with E-state index in [1.807, 2.05) is 27.7 Å². The highest BCUT2D eigenvalue weighted by atomic mass is 16.2. The van der Waals surface area contributed by atoms with Crippen molar-refractivity contribution >= 4 is 23.8 Å². The summed E-state index contributed by atoms with van der Waals surface area (Å²) in [6.07, 6.45) is 1.34. The highest BCUT2D eigenvalue weighted by molar-refractivity contribution is 6.45. The third kappa shape index (κ3) is 3.68. The summed E-state index contributed by atoms with van der Waals surface area (Å²) in [5.41, 5.74) is -0.153. The number of carbonyl (C=O) groups is 4. The highest BCUT2D eigenvalue weighted by Gasteiger charge is 2.44. The molecule has 7 nitrogen and oxygen atoms in total. The van der Waals surface area contributed by atoms with Gasteiger partial charge in [0.05, 0.1) is 0 Å². The van der Waals surface area contributed by atoms with Gasteiger partial charge in [-0.15, -0.1) is 6.58 Å². The van der Waals surface area contributed by atoms with Gasteiger partial charge in [-0.1, -0.05) is 26.8 Å². The van der Waals surface area contributed by atoms with Crippen LogP contribution in [0, 0.1) is 5.41 Å². The van der Waals surface area contributed by atoms with Crippen LogP contribution in [0.4, 0.5) is 4.79 Å². The molecule has 1 saturated heterocycles. The molecule has 0 spiro atoms. The Hall–Kier alpha value is -2.18. The van der Waals surface area contributed by atoms with Gasteiger partial charge < -0.3 is 5.32 Å². The summed E-state index contributed by atoms with van der Waals surface area (Å²) in [7, 11) is 0. The number of nitrogens with zero attached hydrogens (tertiary/aromatic N) is 2. The minimum atomic E-state index is -0.986. The van der Waals surface area contributed by atoms with E-state index in [4.69, 9.17) is 0 Å². The van der Waals surface area contributed by atoms with E-state index in [0.717, 1.165) is 4.90 Å². The number of carbonyl (C=O) groups excluding carboxylic acids is 4. The van der Waals surface area contributed by atoms with Gasteiger partial charge in [0.1, 0.15) is 6.54 Å². The molecule has 1 atom stereocenters. The number of imide groups is 2. The van der Waals surface area contributed by atoms with Crippen molar-refractivity contribution in [1.29, 1.82) is 0 Å². The lowest BCUT2D eigenvalue weighted by atomic mass is 9.88. The van der Waals surface area contributed by atoms with E-state index in [-0.39, 0.29) is 18.0 Å². The summed E-state index contributed by atoms with van der Waals surface area (Å²) in [6.45, 7) is 10.6. The average molecular weight is 295 g/mol. The molecule has 116 valence electrons. The van der Waals surface area contributed by atoms with Gasteiger partial charge in [-0.2, -0.15) is 0 Å². The molecule has 21 heavy (non-hydrogen) atoms. The first-order valence-corrected chi connectivity index (χ1v) is 6.67. The zero-order valence-corrected chi connectivity index (χ0v) is 12.8. The zero-order valence-electron chi connectivity index (χ0n) is 12.8. The number of hydrogen-bond donors (Lipinski definition) is 1. The standard InChI is InChI=1S/C14H21N3O4/c1-6-7-16-11(19)12(20)17(13(16)21)8-10(18)15-9(2)14(3,4)5/h6,9H,1,7-8H2,2-5H3,(H,15,18)/t9-/m0/s1. The summed E-state index contributed by atoms with van der Waals surface area (Å²) in [5, 5.41) is 2.71. The molecule has 0 aliphatic carbocycles. The second kappa shape index (κ2) is 6.07. The van der Waals surface area contributed by atoms with E-state index in [2.05, 4.69) is 11.9 Å². The van der Waals surface area contributed by atoms with Crippen LogP contribution in [-0.4, -0.2) is 52.7 Å². The zero-order chi connectivity index (χ0) is 16.4. The Morgan fingerprint density at radius 3 is 2.24 bits per heavy atom. The Morgan fingerprint density at radius 1 is 1.24 bits per heavy atom. The van der Waals surface area contributed by atoms with Crippen molar-refractivity contribution in [2.75, 3.05) is 13.1 Å². The van der Waals surface area contributed by atoms with Crippen molar-refractivity contribution in [2.45, 2.75) is 33.7 Å². The number of nitrogens with one attached hydrogen (secondary N) is 1. The summed E-state index contributed by atoms with van der Waals surface area (Å²) in [6, 6.07) is -0.929. The van der Waals surface area contributed by atoms with Crippen LogP contribution in [0.15, 0.2) is 12.7 Å². The minimum absolute atomic E-state index is 0.0556. The van der Waals surface area contributed by atoms with Gasteiger partial charge >= 0.3 is 17.8 Å². The van der Waals surface area contributed by atoms with Gasteiger partial charge in [0, 0.05) is 12.6 Å². The molecule has 0 aromatic heterocycles. The second-order valence-corrected chi connectivity index (χ2v) is 6.03. The third-order valence-corrected chi connectivity index (χ3v) is 3.42. The molecule has 0 aromatic rings. The van der Waals surface area contributed by atoms with Crippen molar-refractivity contribution in [3.8, 4) is 0 Å². The van der Waals surface area contributed by atoms with Crippen LogP contribution >= 0.6 is 0 Å². The molecule has 1 aliphatic rings. The first kappa shape index (κ1) is 16.9. The Kier molecular flexibility index (Phi) is 4.88. The maximum absolute atomic E-state index is 11.9. The molecule has 1 N–H and O–H groups in total. The summed E-state index contributed by atoms with van der Waals surface area (Å²) >= 11 is 0. The summed E-state index contributed by atoms with van der Waals surface area (Å²) < 4.78 is 0. The van der Waals surface area contributed by atoms with Crippen molar-refractivity contribution in [3.05, 3.63) is 12.7 Å². The van der Waals surface area contributed by atoms with Crippen molar-refractivity contribution in [1.82, 2.24) is 15.1 Å². The second-order valence-electron chi connectivity index (χ2n) is 6.03. The van der Waals surface area contributed by atoms with Gasteiger partial charge in [-0.25, -0.2) is 9.69 Å². The van der Waals surface area contributed by atoms with E-state index < -0.39 is 30.3 Å². The van der Waals surface area contributed by atoms with Crippen LogP contribution < -0.4 is 5.32 Å². The molecule has 0 aromatic carbocycles. The smallest absolute Gasteiger partial charge is 0.335 e. The highest BCUT2D eigenvalue weighted by Crippen LogP contribution is 2.18. The molecule has 1 fully saturated rings. The van der Waals surface area contributed by atoms with Crippen LogP contribution in [0.3, 0.4) is 0 Å². The maximum Gasteiger partial charge on any atom is 0.335 e. The lowest BCUT2D eigenvalue weighted by Gasteiger charge is -2.28. The largest absolute Gasteiger partial charge is 0.352 e. The molecule has 0 bridgehead atoms. The van der Waals surface area contributed by atoms with Gasteiger partial charge in [-0.05, 0) is 12.3 Å². The molecule has 7 heteroatoms. The number of rotatable bonds is 5. The van der Waals surface area contributed by atoms with Crippen LogP contribution in [0.1, 0.15) is 27.7 Å². The lowest BCUT2D eigenvalue weighted by molar-refractivity contribution is -0.143. The van der Waals surface area contributed by atoms with Crippen molar-refractivity contribution in [2.24, 2.45) is 5.41 Å². The molecule has 0 saturated carbocycles. The molecule has 1 aliphatic heterocycles. The van der Waals surface area contributed by atoms with Gasteiger partial charge in [0.25, 0.3) is 0 Å². The molecular formula is C14H21N3O4. The first-order chi connectivity index (χ1) is 9.59.